The maximum atomic E-state index is 11.7. The fraction of sp³-hybridized carbons (Fsp3) is 0.667. The van der Waals surface area contributed by atoms with Gasteiger partial charge in [0.05, 0.1) is 0 Å². The van der Waals surface area contributed by atoms with Gasteiger partial charge < -0.3 is 21.3 Å². The SMILES string of the molecule is CNC(=O)c1c(N)nsc1NCCN1CCCCC1. The maximum absolute atomic E-state index is 11.7. The van der Waals surface area contributed by atoms with Crippen LogP contribution in [0.15, 0.2) is 0 Å². The van der Waals surface area contributed by atoms with Gasteiger partial charge in [-0.2, -0.15) is 4.37 Å². The summed E-state index contributed by atoms with van der Waals surface area (Å²) in [6.45, 7) is 4.15. The smallest absolute Gasteiger partial charge is 0.257 e. The summed E-state index contributed by atoms with van der Waals surface area (Å²) in [5.74, 6) is 0.108. The van der Waals surface area contributed by atoms with E-state index in [0.717, 1.165) is 18.1 Å². The molecule has 0 bridgehead atoms. The lowest BCUT2D eigenvalue weighted by Crippen LogP contribution is -2.33. The van der Waals surface area contributed by atoms with Crippen LogP contribution in [0.5, 0.6) is 0 Å². The van der Waals surface area contributed by atoms with Gasteiger partial charge in [-0.1, -0.05) is 6.42 Å². The van der Waals surface area contributed by atoms with Gasteiger partial charge in [-0.15, -0.1) is 0 Å². The second-order valence-corrected chi connectivity index (χ2v) is 5.45. The minimum absolute atomic E-state index is 0.188. The van der Waals surface area contributed by atoms with E-state index < -0.39 is 0 Å². The Labute approximate surface area is 117 Å². The minimum Gasteiger partial charge on any atom is -0.382 e. The summed E-state index contributed by atoms with van der Waals surface area (Å²) in [4.78, 5) is 14.2. The Morgan fingerprint density at radius 2 is 2.16 bits per heavy atom. The van der Waals surface area contributed by atoms with Crippen LogP contribution in [0.1, 0.15) is 29.6 Å². The van der Waals surface area contributed by atoms with Crippen LogP contribution in [0.4, 0.5) is 10.8 Å². The van der Waals surface area contributed by atoms with Gasteiger partial charge in [0.1, 0.15) is 10.6 Å². The molecule has 0 aromatic carbocycles. The number of aromatic nitrogens is 1. The third kappa shape index (κ3) is 3.57. The van der Waals surface area contributed by atoms with Crippen molar-refractivity contribution in [3.05, 3.63) is 5.56 Å². The van der Waals surface area contributed by atoms with E-state index in [2.05, 4.69) is 19.9 Å². The van der Waals surface area contributed by atoms with Crippen LogP contribution in [0.3, 0.4) is 0 Å². The zero-order valence-electron chi connectivity index (χ0n) is 11.2. The zero-order chi connectivity index (χ0) is 13.7. The number of nitrogens with one attached hydrogen (secondary N) is 2. The van der Waals surface area contributed by atoms with E-state index in [4.69, 9.17) is 5.73 Å². The van der Waals surface area contributed by atoms with E-state index in [-0.39, 0.29) is 5.91 Å². The molecule has 0 unspecified atom stereocenters. The summed E-state index contributed by atoms with van der Waals surface area (Å²) in [6.07, 6.45) is 3.92. The van der Waals surface area contributed by atoms with Crippen molar-refractivity contribution in [1.29, 1.82) is 0 Å². The molecule has 4 N–H and O–H groups in total. The van der Waals surface area contributed by atoms with Crippen LogP contribution in [-0.4, -0.2) is 48.4 Å². The van der Waals surface area contributed by atoms with Crippen LogP contribution in [0, 0.1) is 0 Å². The standard InChI is InChI=1S/C12H21N5OS/c1-14-11(18)9-10(13)16-19-12(9)15-5-8-17-6-3-2-4-7-17/h15H,2-8H2,1H3,(H2,13,16)(H,14,18). The average molecular weight is 283 g/mol. The lowest BCUT2D eigenvalue weighted by Gasteiger charge is -2.26. The van der Waals surface area contributed by atoms with Crippen LogP contribution in [-0.2, 0) is 0 Å². The van der Waals surface area contributed by atoms with Crippen molar-refractivity contribution < 1.29 is 4.79 Å². The molecule has 0 atom stereocenters. The number of nitrogen functional groups attached to an aromatic ring is 1. The van der Waals surface area contributed by atoms with Gasteiger partial charge in [0, 0.05) is 20.1 Å². The van der Waals surface area contributed by atoms with Crippen LogP contribution in [0.2, 0.25) is 0 Å². The summed E-state index contributed by atoms with van der Waals surface area (Å²) in [5.41, 5.74) is 6.18. The summed E-state index contributed by atoms with van der Waals surface area (Å²) in [5, 5.41) is 6.61. The molecule has 1 aromatic heterocycles. The van der Waals surface area contributed by atoms with Gasteiger partial charge in [0.2, 0.25) is 0 Å². The number of piperidine rings is 1. The molecule has 106 valence electrons. The Balaban J connectivity index is 1.87. The van der Waals surface area contributed by atoms with Gasteiger partial charge in [-0.25, -0.2) is 0 Å². The average Bonchev–Trinajstić information content (AvgIpc) is 2.80. The fourth-order valence-electron chi connectivity index (χ4n) is 2.28. The van der Waals surface area contributed by atoms with Crippen LogP contribution in [0.25, 0.3) is 0 Å². The van der Waals surface area contributed by atoms with Crippen molar-refractivity contribution >= 4 is 28.3 Å². The number of rotatable bonds is 5. The number of carbonyl (C=O) groups is 1. The number of amides is 1. The maximum Gasteiger partial charge on any atom is 0.257 e. The Hall–Kier alpha value is -1.34. The summed E-state index contributed by atoms with van der Waals surface area (Å²) < 4.78 is 4.03. The lowest BCUT2D eigenvalue weighted by atomic mass is 10.1. The number of likely N-dealkylation sites (tertiary alicyclic amines) is 1. The van der Waals surface area contributed by atoms with Crippen molar-refractivity contribution in [2.24, 2.45) is 0 Å². The quantitative estimate of drug-likeness (QED) is 0.750. The Morgan fingerprint density at radius 3 is 2.84 bits per heavy atom. The molecule has 0 saturated carbocycles. The Bertz CT molecular complexity index is 428. The number of nitrogens with zero attached hydrogens (tertiary/aromatic N) is 2. The van der Waals surface area contributed by atoms with Crippen LogP contribution >= 0.6 is 11.5 Å². The van der Waals surface area contributed by atoms with Crippen molar-refractivity contribution in [3.63, 3.8) is 0 Å². The number of anilines is 2. The highest BCUT2D eigenvalue weighted by atomic mass is 32.1. The summed E-state index contributed by atoms with van der Waals surface area (Å²) in [6, 6.07) is 0. The van der Waals surface area contributed by atoms with E-state index in [9.17, 15) is 4.79 Å². The normalized spacial score (nSPS) is 16.3. The van der Waals surface area contributed by atoms with Gasteiger partial charge in [0.15, 0.2) is 5.82 Å². The molecule has 1 aliphatic heterocycles. The number of hydrogen-bond acceptors (Lipinski definition) is 6. The molecule has 0 radical (unpaired) electrons. The highest BCUT2D eigenvalue weighted by Crippen LogP contribution is 2.26. The minimum atomic E-state index is -0.188. The zero-order valence-corrected chi connectivity index (χ0v) is 12.1. The highest BCUT2D eigenvalue weighted by molar-refractivity contribution is 7.11. The van der Waals surface area contributed by atoms with Gasteiger partial charge >= 0.3 is 0 Å². The molecular formula is C12H21N5OS. The van der Waals surface area contributed by atoms with E-state index in [0.29, 0.717) is 11.4 Å². The van der Waals surface area contributed by atoms with E-state index in [1.165, 1.54) is 43.9 Å². The third-order valence-electron chi connectivity index (χ3n) is 3.33. The second-order valence-electron chi connectivity index (χ2n) is 4.68. The number of nitrogens with two attached hydrogens (primary N) is 1. The van der Waals surface area contributed by atoms with E-state index in [1.54, 1.807) is 7.05 Å². The van der Waals surface area contributed by atoms with Crippen molar-refractivity contribution in [2.75, 3.05) is 44.3 Å². The molecule has 19 heavy (non-hydrogen) atoms. The molecule has 1 aliphatic rings. The molecular weight excluding hydrogens is 262 g/mol. The van der Waals surface area contributed by atoms with E-state index in [1.807, 2.05) is 0 Å². The first-order chi connectivity index (χ1) is 9.22. The Morgan fingerprint density at radius 1 is 1.42 bits per heavy atom. The van der Waals surface area contributed by atoms with Gasteiger partial charge in [0.25, 0.3) is 5.91 Å². The molecule has 0 aliphatic carbocycles. The molecule has 7 heteroatoms. The third-order valence-corrected chi connectivity index (χ3v) is 4.15. The predicted molar refractivity (Wildman–Crippen MR) is 78.7 cm³/mol. The molecule has 1 aromatic rings. The van der Waals surface area contributed by atoms with Gasteiger partial charge in [-0.3, -0.25) is 4.79 Å². The van der Waals surface area contributed by atoms with Crippen molar-refractivity contribution in [2.45, 2.75) is 19.3 Å². The molecule has 1 saturated heterocycles. The molecule has 1 fully saturated rings. The predicted octanol–water partition coefficient (Wildman–Crippen LogP) is 0.983. The Kier molecular flexibility index (Phi) is 4.98. The second kappa shape index (κ2) is 6.72. The first-order valence-corrected chi connectivity index (χ1v) is 7.43. The van der Waals surface area contributed by atoms with Crippen LogP contribution < -0.4 is 16.4 Å². The summed E-state index contributed by atoms with van der Waals surface area (Å²) in [7, 11) is 1.59. The number of hydrogen-bond donors (Lipinski definition) is 3. The fourth-order valence-corrected chi connectivity index (χ4v) is 3.01. The molecule has 2 heterocycles. The molecule has 0 spiro atoms. The first kappa shape index (κ1) is 14.1. The van der Waals surface area contributed by atoms with Gasteiger partial charge in [-0.05, 0) is 37.5 Å². The summed E-state index contributed by atoms with van der Waals surface area (Å²) >= 11 is 1.24. The lowest BCUT2D eigenvalue weighted by molar-refractivity contribution is 0.0965. The van der Waals surface area contributed by atoms with E-state index >= 15 is 0 Å². The van der Waals surface area contributed by atoms with Crippen molar-refractivity contribution in [1.82, 2.24) is 14.6 Å². The largest absolute Gasteiger partial charge is 0.382 e. The molecule has 6 nitrogen and oxygen atoms in total. The number of carbonyl (C=O) groups excluding carboxylic acids is 1. The topological polar surface area (TPSA) is 83.3 Å². The molecule has 1 amide bonds. The highest BCUT2D eigenvalue weighted by Gasteiger charge is 2.18. The monoisotopic (exact) mass is 283 g/mol. The van der Waals surface area contributed by atoms with Crippen molar-refractivity contribution in [3.8, 4) is 0 Å². The molecule has 2 rings (SSSR count). The first-order valence-electron chi connectivity index (χ1n) is 6.66.